The lowest BCUT2D eigenvalue weighted by Crippen LogP contribution is -2.47. The summed E-state index contributed by atoms with van der Waals surface area (Å²) in [6.07, 6.45) is 1.56. The monoisotopic (exact) mass is 215 g/mol. The molecule has 0 bridgehead atoms. The molecule has 2 N–H and O–H groups in total. The Balaban J connectivity index is 2.64. The molecule has 0 aromatic rings. The molecule has 1 fully saturated rings. The van der Waals surface area contributed by atoms with Gasteiger partial charge < -0.3 is 10.2 Å². The largest absolute Gasteiger partial charge is 0.518 e. The van der Waals surface area contributed by atoms with Gasteiger partial charge in [-0.15, -0.1) is 0 Å². The molecular formula is C10H21NO2Si. The fourth-order valence-electron chi connectivity index (χ4n) is 0.825. The molecule has 0 aromatic carbocycles. The second-order valence-corrected chi connectivity index (χ2v) is 10.5. The zero-order chi connectivity index (χ0) is 11.2. The van der Waals surface area contributed by atoms with Gasteiger partial charge in [0.1, 0.15) is 5.54 Å². The molecule has 1 rings (SSSR count). The third-order valence-corrected chi connectivity index (χ3v) is 7.66. The highest BCUT2D eigenvalue weighted by Gasteiger charge is 2.51. The molecule has 0 spiro atoms. The molecular weight excluding hydrogens is 194 g/mol. The molecule has 0 unspecified atom stereocenters. The molecule has 82 valence electrons. The third-order valence-electron chi connectivity index (χ3n) is 3.35. The lowest BCUT2D eigenvalue weighted by atomic mass is 10.2. The van der Waals surface area contributed by atoms with Crippen molar-refractivity contribution in [3.63, 3.8) is 0 Å². The van der Waals surface area contributed by atoms with Gasteiger partial charge in [-0.05, 0) is 31.0 Å². The molecule has 1 aliphatic rings. The zero-order valence-electron chi connectivity index (χ0n) is 9.81. The Morgan fingerprint density at radius 1 is 1.36 bits per heavy atom. The molecule has 14 heavy (non-hydrogen) atoms. The quantitative estimate of drug-likeness (QED) is 0.717. The molecule has 3 nitrogen and oxygen atoms in total. The lowest BCUT2D eigenvalue weighted by molar-refractivity contribution is -0.138. The highest BCUT2D eigenvalue weighted by Crippen LogP contribution is 2.40. The van der Waals surface area contributed by atoms with Crippen molar-refractivity contribution in [3.8, 4) is 0 Å². The van der Waals surface area contributed by atoms with Gasteiger partial charge in [-0.3, -0.25) is 4.79 Å². The maximum absolute atomic E-state index is 11.7. The van der Waals surface area contributed by atoms with Gasteiger partial charge in [0.2, 0.25) is 0 Å². The minimum atomic E-state index is -1.97. The second-order valence-electron chi connectivity index (χ2n) is 5.81. The van der Waals surface area contributed by atoms with Gasteiger partial charge in [0.15, 0.2) is 0 Å². The normalized spacial score (nSPS) is 20.4. The fourth-order valence-corrected chi connectivity index (χ4v) is 1.80. The van der Waals surface area contributed by atoms with Gasteiger partial charge in [0, 0.05) is 0 Å². The first kappa shape index (κ1) is 11.7. The number of hydrogen-bond acceptors (Lipinski definition) is 3. The second kappa shape index (κ2) is 3.07. The van der Waals surface area contributed by atoms with E-state index in [4.69, 9.17) is 10.2 Å². The standard InChI is InChI=1S/C10H21NO2Si/c1-9(2,3)14(4,5)13-8(12)10(11)6-7-10/h6-7,11H2,1-5H3. The van der Waals surface area contributed by atoms with Crippen molar-refractivity contribution in [2.24, 2.45) is 5.73 Å². The smallest absolute Gasteiger partial charge is 0.312 e. The van der Waals surface area contributed by atoms with E-state index in [-0.39, 0.29) is 11.0 Å². The van der Waals surface area contributed by atoms with Crippen molar-refractivity contribution in [3.05, 3.63) is 0 Å². The Labute approximate surface area is 87.1 Å². The molecule has 1 saturated carbocycles. The van der Waals surface area contributed by atoms with Crippen LogP contribution in [0.15, 0.2) is 0 Å². The van der Waals surface area contributed by atoms with Crippen LogP contribution in [0.5, 0.6) is 0 Å². The average molecular weight is 215 g/mol. The summed E-state index contributed by atoms with van der Waals surface area (Å²) in [5.41, 5.74) is 5.14. The molecule has 0 aromatic heterocycles. The van der Waals surface area contributed by atoms with Crippen molar-refractivity contribution in [2.45, 2.75) is 57.3 Å². The summed E-state index contributed by atoms with van der Waals surface area (Å²) in [5, 5.41) is 0.0634. The van der Waals surface area contributed by atoms with E-state index in [1.165, 1.54) is 0 Å². The summed E-state index contributed by atoms with van der Waals surface area (Å²) in [4.78, 5) is 11.7. The van der Waals surface area contributed by atoms with Crippen LogP contribution in [-0.2, 0) is 9.22 Å². The van der Waals surface area contributed by atoms with Gasteiger partial charge in [0.05, 0.1) is 0 Å². The van der Waals surface area contributed by atoms with Crippen molar-refractivity contribution < 1.29 is 9.22 Å². The molecule has 0 radical (unpaired) electrons. The first-order chi connectivity index (χ1) is 6.08. The van der Waals surface area contributed by atoms with E-state index in [2.05, 4.69) is 33.9 Å². The summed E-state index contributed by atoms with van der Waals surface area (Å²) in [6.45, 7) is 10.5. The first-order valence-electron chi connectivity index (χ1n) is 5.11. The predicted molar refractivity (Wildman–Crippen MR) is 59.4 cm³/mol. The molecule has 0 amide bonds. The minimum absolute atomic E-state index is 0.0634. The third kappa shape index (κ3) is 2.17. The van der Waals surface area contributed by atoms with Crippen molar-refractivity contribution in [1.29, 1.82) is 0 Å². The number of nitrogens with two attached hydrogens (primary N) is 1. The summed E-state index contributed by atoms with van der Waals surface area (Å²) in [5.74, 6) is -0.191. The maximum atomic E-state index is 11.7. The lowest BCUT2D eigenvalue weighted by Gasteiger charge is -2.36. The Bertz CT molecular complexity index is 251. The average Bonchev–Trinajstić information content (AvgIpc) is 2.65. The molecule has 0 saturated heterocycles. The van der Waals surface area contributed by atoms with Crippen molar-refractivity contribution in [1.82, 2.24) is 0 Å². The van der Waals surface area contributed by atoms with Gasteiger partial charge >= 0.3 is 5.97 Å². The van der Waals surface area contributed by atoms with E-state index in [9.17, 15) is 4.79 Å². The van der Waals surface area contributed by atoms with Gasteiger partial charge in [-0.1, -0.05) is 20.8 Å². The number of hydrogen-bond donors (Lipinski definition) is 1. The fraction of sp³-hybridized carbons (Fsp3) is 0.900. The molecule has 0 heterocycles. The van der Waals surface area contributed by atoms with E-state index >= 15 is 0 Å². The van der Waals surface area contributed by atoms with E-state index in [0.29, 0.717) is 0 Å². The van der Waals surface area contributed by atoms with E-state index < -0.39 is 13.9 Å². The Morgan fingerprint density at radius 3 is 2.07 bits per heavy atom. The van der Waals surface area contributed by atoms with Gasteiger partial charge in [-0.25, -0.2) is 0 Å². The van der Waals surface area contributed by atoms with Crippen LogP contribution in [0.25, 0.3) is 0 Å². The van der Waals surface area contributed by atoms with E-state index in [1.807, 2.05) is 0 Å². The molecule has 0 atom stereocenters. The van der Waals surface area contributed by atoms with E-state index in [1.54, 1.807) is 0 Å². The predicted octanol–water partition coefficient (Wildman–Crippen LogP) is 2.03. The Kier molecular flexibility index (Phi) is 2.57. The van der Waals surface area contributed by atoms with Crippen LogP contribution in [0.4, 0.5) is 0 Å². The molecule has 0 aliphatic heterocycles. The summed E-state index contributed by atoms with van der Waals surface area (Å²) >= 11 is 0. The number of carbonyl (C=O) groups excluding carboxylic acids is 1. The highest BCUT2D eigenvalue weighted by atomic mass is 28.4. The topological polar surface area (TPSA) is 52.3 Å². The number of carbonyl (C=O) groups is 1. The van der Waals surface area contributed by atoms with Crippen molar-refractivity contribution >= 4 is 14.3 Å². The molecule has 4 heteroatoms. The van der Waals surface area contributed by atoms with Gasteiger partial charge in [-0.2, -0.15) is 0 Å². The molecule has 1 aliphatic carbocycles. The van der Waals surface area contributed by atoms with Crippen LogP contribution >= 0.6 is 0 Å². The zero-order valence-corrected chi connectivity index (χ0v) is 10.8. The van der Waals surface area contributed by atoms with E-state index in [0.717, 1.165) is 12.8 Å². The summed E-state index contributed by atoms with van der Waals surface area (Å²) < 4.78 is 5.60. The highest BCUT2D eigenvalue weighted by molar-refractivity contribution is 6.75. The Morgan fingerprint density at radius 2 is 1.79 bits per heavy atom. The van der Waals surface area contributed by atoms with Gasteiger partial charge in [0.25, 0.3) is 8.32 Å². The van der Waals surface area contributed by atoms with Crippen LogP contribution in [0, 0.1) is 0 Å². The van der Waals surface area contributed by atoms with Crippen LogP contribution in [-0.4, -0.2) is 19.8 Å². The first-order valence-corrected chi connectivity index (χ1v) is 8.02. The SMILES string of the molecule is CC(C)(C)[Si](C)(C)OC(=O)C1(N)CC1. The Hall–Kier alpha value is -0.353. The van der Waals surface area contributed by atoms with Crippen molar-refractivity contribution in [2.75, 3.05) is 0 Å². The number of rotatable bonds is 2. The van der Waals surface area contributed by atoms with Crippen LogP contribution < -0.4 is 5.73 Å². The van der Waals surface area contributed by atoms with Crippen LogP contribution in [0.3, 0.4) is 0 Å². The summed E-state index contributed by atoms with van der Waals surface area (Å²) in [7, 11) is -1.97. The van der Waals surface area contributed by atoms with Crippen LogP contribution in [0.1, 0.15) is 33.6 Å². The summed E-state index contributed by atoms with van der Waals surface area (Å²) in [6, 6.07) is 0. The minimum Gasteiger partial charge on any atom is -0.518 e. The van der Waals surface area contributed by atoms with Crippen LogP contribution in [0.2, 0.25) is 18.1 Å². The maximum Gasteiger partial charge on any atom is 0.312 e.